The van der Waals surface area contributed by atoms with E-state index in [1.54, 1.807) is 11.3 Å². The van der Waals surface area contributed by atoms with Crippen LogP contribution in [0, 0.1) is 11.8 Å². The number of ether oxygens (including phenoxy) is 1. The molecule has 0 aliphatic carbocycles. The van der Waals surface area contributed by atoms with Crippen molar-refractivity contribution in [2.75, 3.05) is 0 Å². The van der Waals surface area contributed by atoms with Crippen molar-refractivity contribution in [3.05, 3.63) is 22.4 Å². The van der Waals surface area contributed by atoms with E-state index in [0.29, 0.717) is 6.54 Å². The van der Waals surface area contributed by atoms with Gasteiger partial charge in [-0.3, -0.25) is 9.59 Å². The van der Waals surface area contributed by atoms with Gasteiger partial charge in [0.25, 0.3) is 0 Å². The molecule has 2 aliphatic rings. The molecule has 0 spiro atoms. The van der Waals surface area contributed by atoms with E-state index >= 15 is 0 Å². The van der Waals surface area contributed by atoms with Crippen LogP contribution in [-0.4, -0.2) is 29.2 Å². The van der Waals surface area contributed by atoms with E-state index in [1.807, 2.05) is 17.5 Å². The summed E-state index contributed by atoms with van der Waals surface area (Å²) in [5, 5.41) is 14.0. The minimum atomic E-state index is -0.927. The number of fused-ring (bicyclic) bond motifs is 2. The number of carbonyl (C=O) groups is 2. The Labute approximate surface area is 114 Å². The van der Waals surface area contributed by atoms with Crippen molar-refractivity contribution in [2.45, 2.75) is 31.6 Å². The van der Waals surface area contributed by atoms with Crippen molar-refractivity contribution in [2.24, 2.45) is 11.8 Å². The van der Waals surface area contributed by atoms with Crippen LogP contribution in [0.4, 0.5) is 0 Å². The van der Waals surface area contributed by atoms with Gasteiger partial charge in [-0.2, -0.15) is 0 Å². The van der Waals surface area contributed by atoms with Crippen molar-refractivity contribution in [1.29, 1.82) is 0 Å². The fourth-order valence-corrected chi connectivity index (χ4v) is 3.67. The fourth-order valence-electron chi connectivity index (χ4n) is 3.03. The Balaban J connectivity index is 1.66. The molecule has 0 radical (unpaired) electrons. The van der Waals surface area contributed by atoms with Crippen LogP contribution in [0.3, 0.4) is 0 Å². The number of carboxylic acids is 1. The molecule has 2 bridgehead atoms. The summed E-state index contributed by atoms with van der Waals surface area (Å²) in [4.78, 5) is 24.5. The Morgan fingerprint density at radius 2 is 2.11 bits per heavy atom. The summed E-state index contributed by atoms with van der Waals surface area (Å²) in [6.45, 7) is 0.455. The van der Waals surface area contributed by atoms with Crippen LogP contribution < -0.4 is 5.32 Å². The molecule has 2 aliphatic heterocycles. The zero-order valence-electron chi connectivity index (χ0n) is 10.2. The highest BCUT2D eigenvalue weighted by Gasteiger charge is 2.55. The summed E-state index contributed by atoms with van der Waals surface area (Å²) < 4.78 is 5.58. The second kappa shape index (κ2) is 4.94. The second-order valence-corrected chi connectivity index (χ2v) is 6.01. The standard InChI is InChI=1S/C13H15NO4S/c15-12(14-6-7-2-1-5-19-7)10-8-3-4-9(18-8)11(10)13(16)17/h1-2,5,8-11H,3-4,6H2,(H,14,15)(H,16,17)/t8-,9+,10+,11-/m0/s1. The van der Waals surface area contributed by atoms with Gasteiger partial charge < -0.3 is 15.2 Å². The van der Waals surface area contributed by atoms with Gasteiger partial charge in [0.2, 0.25) is 5.91 Å². The molecule has 2 N–H and O–H groups in total. The molecule has 5 nitrogen and oxygen atoms in total. The van der Waals surface area contributed by atoms with Crippen molar-refractivity contribution < 1.29 is 19.4 Å². The first-order valence-electron chi connectivity index (χ1n) is 6.35. The lowest BCUT2D eigenvalue weighted by Crippen LogP contribution is -2.43. The third-order valence-electron chi connectivity index (χ3n) is 3.88. The van der Waals surface area contributed by atoms with Crippen molar-refractivity contribution in [3.8, 4) is 0 Å². The molecule has 6 heteroatoms. The summed E-state index contributed by atoms with van der Waals surface area (Å²) in [7, 11) is 0. The Bertz CT molecular complexity index is 487. The molecule has 4 atom stereocenters. The maximum absolute atomic E-state index is 12.2. The monoisotopic (exact) mass is 281 g/mol. The summed E-state index contributed by atoms with van der Waals surface area (Å²) in [5.41, 5.74) is 0. The van der Waals surface area contributed by atoms with Gasteiger partial charge in [-0.25, -0.2) is 0 Å². The first-order valence-corrected chi connectivity index (χ1v) is 7.23. The van der Waals surface area contributed by atoms with Crippen molar-refractivity contribution in [3.63, 3.8) is 0 Å². The first-order chi connectivity index (χ1) is 9.16. The van der Waals surface area contributed by atoms with Gasteiger partial charge in [-0.1, -0.05) is 6.07 Å². The molecule has 1 amide bonds. The summed E-state index contributed by atoms with van der Waals surface area (Å²) in [5.74, 6) is -2.37. The van der Waals surface area contributed by atoms with Gasteiger partial charge in [0, 0.05) is 4.88 Å². The van der Waals surface area contributed by atoms with Gasteiger partial charge in [-0.15, -0.1) is 11.3 Å². The molecule has 102 valence electrons. The number of carboxylic acid groups (broad SMARTS) is 1. The Morgan fingerprint density at radius 1 is 1.37 bits per heavy atom. The third kappa shape index (κ3) is 2.26. The highest BCUT2D eigenvalue weighted by Crippen LogP contribution is 2.43. The SMILES string of the molecule is O=C(O)[C@@H]1[C@H](C(=O)NCc2cccs2)[C@@H]2CC[C@H]1O2. The molecule has 0 unspecified atom stereocenters. The van der Waals surface area contributed by atoms with Gasteiger partial charge >= 0.3 is 5.97 Å². The summed E-state index contributed by atoms with van der Waals surface area (Å²) >= 11 is 1.57. The zero-order chi connectivity index (χ0) is 13.4. The fraction of sp³-hybridized carbons (Fsp3) is 0.538. The van der Waals surface area contributed by atoms with Crippen LogP contribution in [0.1, 0.15) is 17.7 Å². The van der Waals surface area contributed by atoms with E-state index in [1.165, 1.54) is 0 Å². The smallest absolute Gasteiger partial charge is 0.310 e. The molecular formula is C13H15NO4S. The predicted molar refractivity (Wildman–Crippen MR) is 68.7 cm³/mol. The number of rotatable bonds is 4. The highest BCUT2D eigenvalue weighted by molar-refractivity contribution is 7.09. The quantitative estimate of drug-likeness (QED) is 0.870. The van der Waals surface area contributed by atoms with Gasteiger partial charge in [0.15, 0.2) is 0 Å². The number of hydrogen-bond acceptors (Lipinski definition) is 4. The number of hydrogen-bond donors (Lipinski definition) is 2. The van der Waals surface area contributed by atoms with E-state index in [9.17, 15) is 14.7 Å². The van der Waals surface area contributed by atoms with Crippen LogP contribution in [0.25, 0.3) is 0 Å². The molecule has 3 heterocycles. The van der Waals surface area contributed by atoms with Gasteiger partial charge in [-0.05, 0) is 24.3 Å². The first kappa shape index (κ1) is 12.6. The number of carbonyl (C=O) groups excluding carboxylic acids is 1. The maximum atomic E-state index is 12.2. The van der Waals surface area contributed by atoms with Gasteiger partial charge in [0.1, 0.15) is 0 Å². The zero-order valence-corrected chi connectivity index (χ0v) is 11.1. The minimum absolute atomic E-state index is 0.201. The molecule has 0 aromatic carbocycles. The number of thiophene rings is 1. The van der Waals surface area contributed by atoms with Crippen LogP contribution in [0.15, 0.2) is 17.5 Å². The second-order valence-electron chi connectivity index (χ2n) is 4.98. The number of aliphatic carboxylic acids is 1. The third-order valence-corrected chi connectivity index (χ3v) is 4.75. The molecule has 1 aromatic heterocycles. The predicted octanol–water partition coefficient (Wildman–Crippen LogP) is 1.24. The van der Waals surface area contributed by atoms with Crippen LogP contribution >= 0.6 is 11.3 Å². The average molecular weight is 281 g/mol. The van der Waals surface area contributed by atoms with E-state index in [2.05, 4.69) is 5.32 Å². The Morgan fingerprint density at radius 3 is 2.74 bits per heavy atom. The van der Waals surface area contributed by atoms with Crippen molar-refractivity contribution >= 4 is 23.2 Å². The molecular weight excluding hydrogens is 266 g/mol. The lowest BCUT2D eigenvalue weighted by Gasteiger charge is -2.23. The van der Waals surface area contributed by atoms with Crippen LogP contribution in [-0.2, 0) is 20.9 Å². The normalized spacial score (nSPS) is 32.4. The summed E-state index contributed by atoms with van der Waals surface area (Å²) in [6.07, 6.45) is 1.01. The summed E-state index contributed by atoms with van der Waals surface area (Å²) in [6, 6.07) is 3.86. The maximum Gasteiger partial charge on any atom is 0.310 e. The Kier molecular flexibility index (Phi) is 3.28. The van der Waals surface area contributed by atoms with E-state index in [0.717, 1.165) is 17.7 Å². The average Bonchev–Trinajstić information content (AvgIpc) is 3.10. The molecule has 2 fully saturated rings. The number of amides is 1. The van der Waals surface area contributed by atoms with Gasteiger partial charge in [0.05, 0.1) is 30.6 Å². The molecule has 1 aromatic rings. The largest absolute Gasteiger partial charge is 0.481 e. The minimum Gasteiger partial charge on any atom is -0.481 e. The van der Waals surface area contributed by atoms with E-state index in [-0.39, 0.29) is 18.1 Å². The van der Waals surface area contributed by atoms with Crippen molar-refractivity contribution in [1.82, 2.24) is 5.32 Å². The molecule has 19 heavy (non-hydrogen) atoms. The highest BCUT2D eigenvalue weighted by atomic mass is 32.1. The Hall–Kier alpha value is -1.40. The lowest BCUT2D eigenvalue weighted by atomic mass is 9.79. The van der Waals surface area contributed by atoms with E-state index in [4.69, 9.17) is 4.74 Å². The molecule has 0 saturated carbocycles. The van der Waals surface area contributed by atoms with E-state index < -0.39 is 17.8 Å². The number of nitrogens with one attached hydrogen (secondary N) is 1. The topological polar surface area (TPSA) is 75.6 Å². The molecule has 3 rings (SSSR count). The van der Waals surface area contributed by atoms with Crippen LogP contribution in [0.2, 0.25) is 0 Å². The van der Waals surface area contributed by atoms with Crippen LogP contribution in [0.5, 0.6) is 0 Å². The molecule has 2 saturated heterocycles. The lowest BCUT2D eigenvalue weighted by molar-refractivity contribution is -0.147.